The number of ketones is 1. The Kier molecular flexibility index (Phi) is 7.05. The second-order valence-corrected chi connectivity index (χ2v) is 9.53. The van der Waals surface area contributed by atoms with Gasteiger partial charge in [-0.15, -0.1) is 0 Å². The molecule has 2 saturated heterocycles. The lowest BCUT2D eigenvalue weighted by Crippen LogP contribution is -2.52. The van der Waals surface area contributed by atoms with E-state index in [-0.39, 0.29) is 12.1 Å². The number of rotatable bonds is 8. The van der Waals surface area contributed by atoms with Gasteiger partial charge in [0.25, 0.3) is 17.6 Å². The minimum atomic E-state index is -1.74. The molecule has 198 valence electrons. The fourth-order valence-corrected chi connectivity index (χ4v) is 5.56. The summed E-state index contributed by atoms with van der Waals surface area (Å²) >= 11 is 0. The minimum Gasteiger partial charge on any atom is -0.507 e. The number of hydrogen-bond acceptors (Lipinski definition) is 7. The number of aliphatic hydroxyl groups is 1. The fourth-order valence-electron chi connectivity index (χ4n) is 5.56. The van der Waals surface area contributed by atoms with Crippen LogP contribution in [0.3, 0.4) is 0 Å². The number of Topliss-reactive ketones (excluding diaryl/α,β-unsaturated/α-hetero) is 1. The molecule has 9 heteroatoms. The Labute approximate surface area is 221 Å². The highest BCUT2D eigenvalue weighted by Crippen LogP contribution is 2.53. The van der Waals surface area contributed by atoms with Gasteiger partial charge in [0.1, 0.15) is 18.1 Å². The number of anilines is 1. The first-order valence-electron chi connectivity index (χ1n) is 12.7. The van der Waals surface area contributed by atoms with E-state index in [9.17, 15) is 19.5 Å². The lowest BCUT2D eigenvalue weighted by Gasteiger charge is -2.35. The van der Waals surface area contributed by atoms with Gasteiger partial charge in [-0.2, -0.15) is 0 Å². The SMILES string of the molecule is C=CCOc1ccc(/C(O)=C2\C(=O)C(=O)N(CCCN3CCOCC3)C23C(=O)N(C)c2ccccc23)cc1. The Morgan fingerprint density at radius 3 is 2.50 bits per heavy atom. The van der Waals surface area contributed by atoms with Crippen LogP contribution in [0.15, 0.2) is 66.8 Å². The Hall–Kier alpha value is -3.95. The number of benzene rings is 2. The van der Waals surface area contributed by atoms with Crippen LogP contribution in [0.5, 0.6) is 5.75 Å². The van der Waals surface area contributed by atoms with Crippen molar-refractivity contribution in [2.24, 2.45) is 0 Å². The largest absolute Gasteiger partial charge is 0.507 e. The number of amides is 2. The Bertz CT molecular complexity index is 1300. The van der Waals surface area contributed by atoms with Crippen LogP contribution in [0.1, 0.15) is 17.5 Å². The molecule has 5 rings (SSSR count). The molecule has 1 spiro atoms. The number of aliphatic hydroxyl groups excluding tert-OH is 1. The first-order valence-corrected chi connectivity index (χ1v) is 12.7. The molecule has 3 aliphatic rings. The molecular weight excluding hydrogens is 486 g/mol. The highest BCUT2D eigenvalue weighted by atomic mass is 16.5. The summed E-state index contributed by atoms with van der Waals surface area (Å²) in [4.78, 5) is 46.2. The predicted octanol–water partition coefficient (Wildman–Crippen LogP) is 2.53. The zero-order valence-electron chi connectivity index (χ0n) is 21.4. The maximum atomic E-state index is 14.0. The molecular formula is C29H31N3O6. The highest BCUT2D eigenvalue weighted by Gasteiger charge is 2.66. The van der Waals surface area contributed by atoms with E-state index >= 15 is 0 Å². The van der Waals surface area contributed by atoms with E-state index in [1.807, 2.05) is 0 Å². The molecule has 0 aliphatic carbocycles. The number of likely N-dealkylation sites (N-methyl/N-ethyl adjacent to an activating group) is 1. The van der Waals surface area contributed by atoms with Gasteiger partial charge in [0.05, 0.1) is 18.8 Å². The van der Waals surface area contributed by atoms with Crippen molar-refractivity contribution in [3.8, 4) is 5.75 Å². The van der Waals surface area contributed by atoms with Crippen LogP contribution in [0.2, 0.25) is 0 Å². The summed E-state index contributed by atoms with van der Waals surface area (Å²) in [6, 6.07) is 13.6. The molecule has 38 heavy (non-hydrogen) atoms. The van der Waals surface area contributed by atoms with Crippen LogP contribution >= 0.6 is 0 Å². The molecule has 1 atom stereocenters. The van der Waals surface area contributed by atoms with E-state index in [0.29, 0.717) is 55.4 Å². The highest BCUT2D eigenvalue weighted by molar-refractivity contribution is 6.50. The quantitative estimate of drug-likeness (QED) is 0.249. The van der Waals surface area contributed by atoms with Crippen molar-refractivity contribution in [1.82, 2.24) is 9.80 Å². The van der Waals surface area contributed by atoms with Gasteiger partial charge in [-0.25, -0.2) is 0 Å². The maximum Gasteiger partial charge on any atom is 0.296 e. The molecule has 0 bridgehead atoms. The number of morpholine rings is 1. The average Bonchev–Trinajstić information content (AvgIpc) is 3.31. The van der Waals surface area contributed by atoms with Gasteiger partial charge < -0.3 is 24.4 Å². The van der Waals surface area contributed by atoms with Crippen molar-refractivity contribution in [3.05, 3.63) is 77.9 Å². The second-order valence-electron chi connectivity index (χ2n) is 9.53. The van der Waals surface area contributed by atoms with Gasteiger partial charge in [-0.05, 0) is 36.8 Å². The number of nitrogens with zero attached hydrogens (tertiary/aromatic N) is 3. The lowest BCUT2D eigenvalue weighted by molar-refractivity contribution is -0.143. The summed E-state index contributed by atoms with van der Waals surface area (Å²) in [5.74, 6) is -1.96. The van der Waals surface area contributed by atoms with Gasteiger partial charge in [0, 0.05) is 50.0 Å². The van der Waals surface area contributed by atoms with Gasteiger partial charge in [0.2, 0.25) is 0 Å². The maximum absolute atomic E-state index is 14.0. The third-order valence-corrected chi connectivity index (χ3v) is 7.39. The molecule has 2 amide bonds. The zero-order valence-corrected chi connectivity index (χ0v) is 21.4. The molecule has 0 saturated carbocycles. The van der Waals surface area contributed by atoms with Gasteiger partial charge in [0.15, 0.2) is 5.54 Å². The summed E-state index contributed by atoms with van der Waals surface area (Å²) in [6.45, 7) is 7.71. The summed E-state index contributed by atoms with van der Waals surface area (Å²) in [5, 5.41) is 11.5. The molecule has 0 radical (unpaired) electrons. The fraction of sp³-hybridized carbons (Fsp3) is 0.345. The van der Waals surface area contributed by atoms with Crippen LogP contribution < -0.4 is 9.64 Å². The smallest absolute Gasteiger partial charge is 0.296 e. The van der Waals surface area contributed by atoms with Crippen molar-refractivity contribution < 1.29 is 29.0 Å². The van der Waals surface area contributed by atoms with Gasteiger partial charge in [-0.1, -0.05) is 30.9 Å². The molecule has 1 N–H and O–H groups in total. The van der Waals surface area contributed by atoms with Crippen LogP contribution in [-0.2, 0) is 24.7 Å². The minimum absolute atomic E-state index is 0.182. The Morgan fingerprint density at radius 2 is 1.79 bits per heavy atom. The van der Waals surface area contributed by atoms with Crippen molar-refractivity contribution in [3.63, 3.8) is 0 Å². The summed E-state index contributed by atoms with van der Waals surface area (Å²) in [6.07, 6.45) is 2.18. The first kappa shape index (κ1) is 25.7. The van der Waals surface area contributed by atoms with E-state index in [0.717, 1.165) is 13.1 Å². The van der Waals surface area contributed by atoms with Crippen LogP contribution in [0.4, 0.5) is 5.69 Å². The Balaban J connectivity index is 1.58. The molecule has 0 aromatic heterocycles. The van der Waals surface area contributed by atoms with E-state index in [2.05, 4.69) is 11.5 Å². The number of fused-ring (bicyclic) bond motifs is 2. The molecule has 9 nitrogen and oxygen atoms in total. The standard InChI is InChI=1S/C29H31N3O6/c1-3-17-38-21-11-9-20(10-12-21)25(33)24-26(34)27(35)32(14-6-13-31-15-18-37-19-16-31)29(24)22-7-4-5-8-23(22)30(2)28(29)36/h3-5,7-12,33H,1,6,13-19H2,2H3/b25-24-. The van der Waals surface area contributed by atoms with E-state index < -0.39 is 28.9 Å². The third kappa shape index (κ3) is 4.08. The van der Waals surface area contributed by atoms with Crippen molar-refractivity contribution >= 4 is 29.0 Å². The van der Waals surface area contributed by atoms with Crippen molar-refractivity contribution in [2.75, 3.05) is 57.9 Å². The Morgan fingerprint density at radius 1 is 1.08 bits per heavy atom. The summed E-state index contributed by atoms with van der Waals surface area (Å²) in [7, 11) is 1.62. The number of hydrogen-bond donors (Lipinski definition) is 1. The molecule has 2 aromatic carbocycles. The number of carbonyl (C=O) groups is 3. The number of ether oxygens (including phenoxy) is 2. The van der Waals surface area contributed by atoms with E-state index in [1.54, 1.807) is 61.7 Å². The van der Waals surface area contributed by atoms with Crippen LogP contribution in [0.25, 0.3) is 5.76 Å². The van der Waals surface area contributed by atoms with Gasteiger partial charge >= 0.3 is 0 Å². The molecule has 1 unspecified atom stereocenters. The normalized spacial score (nSPS) is 22.8. The first-order chi connectivity index (χ1) is 18.4. The molecule has 2 fully saturated rings. The molecule has 2 aromatic rings. The number of para-hydroxylation sites is 1. The topological polar surface area (TPSA) is 99.6 Å². The van der Waals surface area contributed by atoms with E-state index in [4.69, 9.17) is 9.47 Å². The second kappa shape index (κ2) is 10.4. The van der Waals surface area contributed by atoms with Crippen LogP contribution in [0, 0.1) is 0 Å². The molecule has 3 aliphatic heterocycles. The zero-order chi connectivity index (χ0) is 26.9. The van der Waals surface area contributed by atoms with Crippen LogP contribution in [-0.4, -0.2) is 85.6 Å². The average molecular weight is 518 g/mol. The lowest BCUT2D eigenvalue weighted by atomic mass is 9.82. The molecule has 3 heterocycles. The number of likely N-dealkylation sites (tertiary alicyclic amines) is 1. The number of carbonyl (C=O) groups excluding carboxylic acids is 3. The predicted molar refractivity (Wildman–Crippen MR) is 142 cm³/mol. The van der Waals surface area contributed by atoms with Crippen molar-refractivity contribution in [2.45, 2.75) is 12.0 Å². The monoisotopic (exact) mass is 517 g/mol. The van der Waals surface area contributed by atoms with Gasteiger partial charge in [-0.3, -0.25) is 19.3 Å². The summed E-state index contributed by atoms with van der Waals surface area (Å²) in [5.41, 5.74) is -0.550. The third-order valence-electron chi connectivity index (χ3n) is 7.39. The summed E-state index contributed by atoms with van der Waals surface area (Å²) < 4.78 is 10.9. The van der Waals surface area contributed by atoms with E-state index in [1.165, 1.54) is 9.80 Å². The van der Waals surface area contributed by atoms with Crippen molar-refractivity contribution in [1.29, 1.82) is 0 Å².